The fraction of sp³-hybridized carbons (Fsp3) is 0.603. The van der Waals surface area contributed by atoms with Gasteiger partial charge in [-0.15, -0.1) is 0 Å². The van der Waals surface area contributed by atoms with Gasteiger partial charge in [0.25, 0.3) is 0 Å². The molecule has 1 saturated heterocycles. The third-order valence-electron chi connectivity index (χ3n) is 14.9. The molecular weight excluding hydrogens is 1120 g/mol. The number of halogens is 1. The summed E-state index contributed by atoms with van der Waals surface area (Å²) < 4.78 is 0. The van der Waals surface area contributed by atoms with E-state index >= 15 is 0 Å². The molecule has 1 heterocycles. The van der Waals surface area contributed by atoms with Crippen molar-refractivity contribution in [2.24, 2.45) is 52.3 Å². The summed E-state index contributed by atoms with van der Waals surface area (Å²) in [6.45, 7) is 5.00. The number of aliphatic hydroxyl groups is 2. The van der Waals surface area contributed by atoms with Crippen molar-refractivity contribution >= 4 is 76.2 Å². The van der Waals surface area contributed by atoms with Crippen molar-refractivity contribution in [2.75, 3.05) is 39.3 Å². The van der Waals surface area contributed by atoms with Crippen molar-refractivity contribution in [1.82, 2.24) is 42.5 Å². The van der Waals surface area contributed by atoms with Gasteiger partial charge < -0.3 is 81.4 Å². The van der Waals surface area contributed by atoms with Gasteiger partial charge in [-0.3, -0.25) is 52.7 Å². The molecule has 0 radical (unpaired) electrons. The number of carbonyl (C=O) groups excluding carboxylic acids is 11. The van der Waals surface area contributed by atoms with Gasteiger partial charge in [-0.25, -0.2) is 0 Å². The second-order valence-electron chi connectivity index (χ2n) is 21.7. The number of carbonyl (C=O) groups is 11. The number of ketones is 3. The molecule has 3 rings (SSSR count). The molecule has 1 aliphatic rings. The van der Waals surface area contributed by atoms with Crippen molar-refractivity contribution in [3.8, 4) is 0 Å². The smallest absolute Gasteiger partial charge is 0.243 e. The van der Waals surface area contributed by atoms with E-state index in [0.717, 1.165) is 0 Å². The zero-order valence-electron chi connectivity index (χ0n) is 49.1. The van der Waals surface area contributed by atoms with E-state index in [1.165, 1.54) is 13.8 Å². The quantitative estimate of drug-likeness (QED) is 0.0433. The molecule has 13 unspecified atom stereocenters. The first kappa shape index (κ1) is 72.5. The Kier molecular flexibility index (Phi) is 32.1. The van der Waals surface area contributed by atoms with Gasteiger partial charge in [0.1, 0.15) is 42.0 Å². The Labute approximate surface area is 501 Å². The van der Waals surface area contributed by atoms with Crippen molar-refractivity contribution in [1.29, 1.82) is 0 Å². The summed E-state index contributed by atoms with van der Waals surface area (Å²) in [6.07, 6.45) is -5.31. The molecule has 8 amide bonds. The van der Waals surface area contributed by atoms with E-state index in [9.17, 15) is 63.0 Å². The summed E-state index contributed by atoms with van der Waals surface area (Å²) in [5.74, 6) is -13.0. The Hall–Kier alpha value is -6.78. The Morgan fingerprint density at radius 3 is 1.72 bits per heavy atom. The zero-order chi connectivity index (χ0) is 63.3. The van der Waals surface area contributed by atoms with Crippen molar-refractivity contribution < 1.29 is 63.0 Å². The normalized spacial score (nSPS) is 23.0. The second-order valence-corrected chi connectivity index (χ2v) is 22.1. The molecule has 20 N–H and O–H groups in total. The lowest BCUT2D eigenvalue weighted by Gasteiger charge is -2.30. The van der Waals surface area contributed by atoms with E-state index in [1.54, 1.807) is 68.4 Å². The van der Waals surface area contributed by atoms with Crippen LogP contribution in [-0.2, 0) is 65.6 Å². The van der Waals surface area contributed by atoms with E-state index in [0.29, 0.717) is 22.6 Å². The fourth-order valence-corrected chi connectivity index (χ4v) is 9.88. The van der Waals surface area contributed by atoms with Crippen LogP contribution in [0.5, 0.6) is 0 Å². The van der Waals surface area contributed by atoms with Crippen LogP contribution in [0.4, 0.5) is 0 Å². The largest absolute Gasteiger partial charge is 0.393 e. The highest BCUT2D eigenvalue weighted by atomic mass is 35.5. The highest BCUT2D eigenvalue weighted by molar-refractivity contribution is 6.31. The molecule has 0 spiro atoms. The predicted molar refractivity (Wildman–Crippen MR) is 317 cm³/mol. The SMILES string of the molecule is CCC(C)C1NC(=O)C(Cc2ccccc2)NC(=O)C(CCN)NC(=O)C(NC(=O)C(CCN)CC(=O)C(NC(=O)C(CCN)CC(=O)Cc2ccccc2Cl)C(C)O)CCNC(=O)C(C(C)O)CC(=O)C(CCN)NC(=O)C(CCN)NC1=O. The molecule has 472 valence electrons. The summed E-state index contributed by atoms with van der Waals surface area (Å²) in [7, 11) is 0. The summed E-state index contributed by atoms with van der Waals surface area (Å²) in [5, 5.41) is 43.1. The number of amides is 8. The summed E-state index contributed by atoms with van der Waals surface area (Å²) in [6, 6.07) is 5.25. The molecule has 2 aromatic carbocycles. The van der Waals surface area contributed by atoms with Gasteiger partial charge >= 0.3 is 0 Å². The predicted octanol–water partition coefficient (Wildman–Crippen LogP) is -2.68. The van der Waals surface area contributed by atoms with Crippen LogP contribution in [0.1, 0.15) is 103 Å². The minimum atomic E-state index is -1.62. The first-order chi connectivity index (χ1) is 40.4. The Balaban J connectivity index is 2.08. The number of hydrogen-bond acceptors (Lipinski definition) is 18. The third-order valence-corrected chi connectivity index (χ3v) is 15.3. The van der Waals surface area contributed by atoms with Crippen molar-refractivity contribution in [3.63, 3.8) is 0 Å². The first-order valence-corrected chi connectivity index (χ1v) is 29.4. The zero-order valence-corrected chi connectivity index (χ0v) is 49.8. The number of aliphatic hydroxyl groups excluding tert-OH is 2. The minimum Gasteiger partial charge on any atom is -0.393 e. The maximum atomic E-state index is 14.6. The molecule has 13 atom stereocenters. The van der Waals surface area contributed by atoms with Crippen LogP contribution in [0, 0.1) is 23.7 Å². The number of benzene rings is 2. The highest BCUT2D eigenvalue weighted by Crippen LogP contribution is 2.21. The number of nitrogens with two attached hydrogens (primary N) is 5. The molecule has 85 heavy (non-hydrogen) atoms. The topological polar surface area (TPSA) is 455 Å². The summed E-state index contributed by atoms with van der Waals surface area (Å²) >= 11 is 6.26. The molecule has 2 aromatic rings. The van der Waals surface area contributed by atoms with Gasteiger partial charge in [0.15, 0.2) is 11.6 Å². The van der Waals surface area contributed by atoms with Crippen molar-refractivity contribution in [2.45, 2.75) is 159 Å². The molecule has 0 aliphatic carbocycles. The molecular formula is C58H90ClN13O13. The third kappa shape index (κ3) is 23.9. The minimum absolute atomic E-state index is 0.000388. The molecule has 1 aliphatic heterocycles. The van der Waals surface area contributed by atoms with E-state index in [-0.39, 0.29) is 89.9 Å². The van der Waals surface area contributed by atoms with E-state index in [1.807, 2.05) is 0 Å². The standard InChI is InChI=1S/C58H90ClN13O13/c1-5-32(2)49-58(85)69-44(19-25-64)54(81)66-42(17-23-62)47(76)31-40(33(3)73)53(80)65-26-20-45(56(83)68-43(18-24-63)55(82)70-46(57(84)71-49)27-35-11-7-6-8-12-35)67-51(78)38(16-22-61)30-48(77)50(34(4)74)72-52(79)37(15-21-60)29-39(75)28-36-13-9-10-14-41(36)59/h6-14,32-34,37-38,40,42-46,49-50,73-74H,5,15-31,60-64H2,1-4H3,(H,65,80)(H,66,81)(H,67,78)(H,68,83)(H,69,85)(H,70,82)(H,71,84)(H,72,79). The van der Waals surface area contributed by atoms with Gasteiger partial charge in [-0.2, -0.15) is 0 Å². The molecule has 0 bridgehead atoms. The van der Waals surface area contributed by atoms with Crippen LogP contribution in [-0.4, -0.2) is 169 Å². The number of rotatable bonds is 27. The van der Waals surface area contributed by atoms with Gasteiger partial charge in [0.2, 0.25) is 47.3 Å². The molecule has 0 saturated carbocycles. The monoisotopic (exact) mass is 1210 g/mol. The molecule has 27 heteroatoms. The lowest BCUT2D eigenvalue weighted by atomic mass is 9.91. The Morgan fingerprint density at radius 2 is 1.16 bits per heavy atom. The Bertz CT molecular complexity index is 2560. The molecule has 0 aromatic heterocycles. The van der Waals surface area contributed by atoms with Gasteiger partial charge in [-0.1, -0.05) is 80.4 Å². The lowest BCUT2D eigenvalue weighted by Crippen LogP contribution is -2.61. The van der Waals surface area contributed by atoms with Crippen LogP contribution in [0.25, 0.3) is 0 Å². The maximum absolute atomic E-state index is 14.6. The average molecular weight is 1210 g/mol. The summed E-state index contributed by atoms with van der Waals surface area (Å²) in [5.41, 5.74) is 30.6. The van der Waals surface area contributed by atoms with Crippen LogP contribution in [0.2, 0.25) is 5.02 Å². The first-order valence-electron chi connectivity index (χ1n) is 29.0. The van der Waals surface area contributed by atoms with E-state index in [2.05, 4.69) is 42.5 Å². The van der Waals surface area contributed by atoms with E-state index in [4.69, 9.17) is 40.3 Å². The fourth-order valence-electron chi connectivity index (χ4n) is 9.68. The van der Waals surface area contributed by atoms with Gasteiger partial charge in [-0.05, 0) is 108 Å². The second kappa shape index (κ2) is 37.6. The summed E-state index contributed by atoms with van der Waals surface area (Å²) in [4.78, 5) is 155. The van der Waals surface area contributed by atoms with Crippen LogP contribution in [0.15, 0.2) is 54.6 Å². The van der Waals surface area contributed by atoms with Gasteiger partial charge in [0, 0.05) is 55.5 Å². The van der Waals surface area contributed by atoms with Crippen LogP contribution in [0.3, 0.4) is 0 Å². The average Bonchev–Trinajstić information content (AvgIpc) is 3.69. The van der Waals surface area contributed by atoms with Crippen molar-refractivity contribution in [3.05, 3.63) is 70.7 Å². The molecule has 26 nitrogen and oxygen atoms in total. The van der Waals surface area contributed by atoms with E-state index < -0.39 is 163 Å². The number of hydrogen-bond donors (Lipinski definition) is 15. The number of Topliss-reactive ketones (excluding diaryl/α,β-unsaturated/α-hetero) is 3. The Morgan fingerprint density at radius 1 is 0.635 bits per heavy atom. The molecule has 1 fully saturated rings. The lowest BCUT2D eigenvalue weighted by molar-refractivity contribution is -0.137. The van der Waals surface area contributed by atoms with Gasteiger partial charge in [0.05, 0.1) is 24.2 Å². The maximum Gasteiger partial charge on any atom is 0.243 e. The number of nitrogens with one attached hydrogen (secondary N) is 8. The highest BCUT2D eigenvalue weighted by Gasteiger charge is 2.38. The van der Waals surface area contributed by atoms with Crippen LogP contribution < -0.4 is 71.2 Å². The van der Waals surface area contributed by atoms with Crippen LogP contribution >= 0.6 is 11.6 Å².